The SMILES string of the molecule is O=C(NCc1nnc(SCc2c(F)cccc2Cl)o1)c1ccccc1. The van der Waals surface area contributed by atoms with E-state index in [2.05, 4.69) is 15.5 Å². The van der Waals surface area contributed by atoms with Gasteiger partial charge in [0, 0.05) is 21.9 Å². The number of amides is 1. The molecule has 0 saturated heterocycles. The first-order chi connectivity index (χ1) is 12.1. The quantitative estimate of drug-likeness (QED) is 0.655. The largest absolute Gasteiger partial charge is 0.414 e. The molecule has 3 aromatic rings. The van der Waals surface area contributed by atoms with Gasteiger partial charge in [0.15, 0.2) is 0 Å². The number of hydrogen-bond donors (Lipinski definition) is 1. The molecule has 3 rings (SSSR count). The zero-order chi connectivity index (χ0) is 17.6. The molecule has 0 aliphatic rings. The van der Waals surface area contributed by atoms with Crippen LogP contribution >= 0.6 is 23.4 Å². The van der Waals surface area contributed by atoms with E-state index in [1.54, 1.807) is 36.4 Å². The number of nitrogens with one attached hydrogen (secondary N) is 1. The zero-order valence-electron chi connectivity index (χ0n) is 12.9. The fraction of sp³-hybridized carbons (Fsp3) is 0.118. The van der Waals surface area contributed by atoms with Crippen LogP contribution in [0.25, 0.3) is 0 Å². The molecule has 0 unspecified atom stereocenters. The van der Waals surface area contributed by atoms with Crippen LogP contribution < -0.4 is 5.32 Å². The third-order valence-electron chi connectivity index (χ3n) is 3.29. The Morgan fingerprint density at radius 3 is 2.72 bits per heavy atom. The summed E-state index contributed by atoms with van der Waals surface area (Å²) in [5, 5.41) is 11.1. The molecule has 0 fully saturated rings. The predicted molar refractivity (Wildman–Crippen MR) is 92.9 cm³/mol. The van der Waals surface area contributed by atoms with E-state index in [0.29, 0.717) is 16.1 Å². The molecule has 0 aliphatic carbocycles. The van der Waals surface area contributed by atoms with Gasteiger partial charge in [-0.2, -0.15) is 0 Å². The van der Waals surface area contributed by atoms with Gasteiger partial charge < -0.3 is 9.73 Å². The van der Waals surface area contributed by atoms with Crippen molar-refractivity contribution in [2.45, 2.75) is 17.5 Å². The molecule has 2 aromatic carbocycles. The molecule has 128 valence electrons. The molecule has 1 heterocycles. The molecule has 0 radical (unpaired) electrons. The number of halogens is 2. The summed E-state index contributed by atoms with van der Waals surface area (Å²) in [7, 11) is 0. The summed E-state index contributed by atoms with van der Waals surface area (Å²) >= 11 is 7.15. The standard InChI is InChI=1S/C17H13ClFN3O2S/c18-13-7-4-8-14(19)12(13)10-25-17-22-21-15(24-17)9-20-16(23)11-5-2-1-3-6-11/h1-8H,9-10H2,(H,20,23). The monoisotopic (exact) mass is 377 g/mol. The molecule has 8 heteroatoms. The highest BCUT2D eigenvalue weighted by Crippen LogP contribution is 2.27. The first-order valence-corrected chi connectivity index (χ1v) is 8.71. The Labute approximate surface area is 152 Å². The highest BCUT2D eigenvalue weighted by atomic mass is 35.5. The van der Waals surface area contributed by atoms with Crippen molar-refractivity contribution in [3.63, 3.8) is 0 Å². The summed E-state index contributed by atoms with van der Waals surface area (Å²) in [5.74, 6) is -0.0730. The summed E-state index contributed by atoms with van der Waals surface area (Å²) < 4.78 is 19.1. The van der Waals surface area contributed by atoms with Crippen LogP contribution in [0.5, 0.6) is 0 Å². The van der Waals surface area contributed by atoms with Gasteiger partial charge in [-0.1, -0.05) is 47.6 Å². The maximum atomic E-state index is 13.7. The minimum atomic E-state index is -0.380. The summed E-state index contributed by atoms with van der Waals surface area (Å²) in [6.07, 6.45) is 0. The Morgan fingerprint density at radius 1 is 1.16 bits per heavy atom. The molecular formula is C17H13ClFN3O2S. The molecule has 25 heavy (non-hydrogen) atoms. The van der Waals surface area contributed by atoms with Gasteiger partial charge in [0.2, 0.25) is 5.89 Å². The number of rotatable bonds is 6. The van der Waals surface area contributed by atoms with Gasteiger partial charge >= 0.3 is 0 Å². The molecule has 0 atom stereocenters. The number of aromatic nitrogens is 2. The average Bonchev–Trinajstić information content (AvgIpc) is 3.08. The zero-order valence-corrected chi connectivity index (χ0v) is 14.5. The smallest absolute Gasteiger partial charge is 0.276 e. The van der Waals surface area contributed by atoms with Gasteiger partial charge in [-0.3, -0.25) is 4.79 Å². The minimum absolute atomic E-state index is 0.113. The Kier molecular flexibility index (Phi) is 5.67. The van der Waals surface area contributed by atoms with Gasteiger partial charge in [0.25, 0.3) is 11.1 Å². The summed E-state index contributed by atoms with van der Waals surface area (Å²) in [6, 6.07) is 13.3. The van der Waals surface area contributed by atoms with E-state index in [-0.39, 0.29) is 35.1 Å². The predicted octanol–water partition coefficient (Wildman–Crippen LogP) is 4.08. The molecule has 5 nitrogen and oxygen atoms in total. The van der Waals surface area contributed by atoms with Gasteiger partial charge in [-0.25, -0.2) is 4.39 Å². The lowest BCUT2D eigenvalue weighted by Crippen LogP contribution is -2.22. The molecule has 0 saturated carbocycles. The summed E-state index contributed by atoms with van der Waals surface area (Å²) in [6.45, 7) is 0.113. The number of nitrogens with zero attached hydrogens (tertiary/aromatic N) is 2. The second-order valence-electron chi connectivity index (χ2n) is 5.00. The topological polar surface area (TPSA) is 68.0 Å². The lowest BCUT2D eigenvalue weighted by molar-refractivity contribution is 0.0946. The minimum Gasteiger partial charge on any atom is -0.414 e. The normalized spacial score (nSPS) is 10.6. The van der Waals surface area contributed by atoms with Crippen LogP contribution in [0.3, 0.4) is 0 Å². The van der Waals surface area contributed by atoms with Crippen LogP contribution in [0.4, 0.5) is 4.39 Å². The van der Waals surface area contributed by atoms with Crippen molar-refractivity contribution in [3.8, 4) is 0 Å². The fourth-order valence-corrected chi connectivity index (χ4v) is 3.14. The van der Waals surface area contributed by atoms with Crippen molar-refractivity contribution in [1.29, 1.82) is 0 Å². The van der Waals surface area contributed by atoms with Crippen molar-refractivity contribution < 1.29 is 13.6 Å². The van der Waals surface area contributed by atoms with Gasteiger partial charge in [0.05, 0.1) is 6.54 Å². The van der Waals surface area contributed by atoms with Crippen LogP contribution in [0.2, 0.25) is 5.02 Å². The molecular weight excluding hydrogens is 365 g/mol. The van der Waals surface area contributed by atoms with E-state index >= 15 is 0 Å². The van der Waals surface area contributed by atoms with Crippen molar-refractivity contribution in [3.05, 3.63) is 76.4 Å². The number of benzene rings is 2. The van der Waals surface area contributed by atoms with Crippen molar-refractivity contribution in [2.75, 3.05) is 0 Å². The molecule has 1 amide bonds. The highest BCUT2D eigenvalue weighted by molar-refractivity contribution is 7.98. The number of hydrogen-bond acceptors (Lipinski definition) is 5. The molecule has 0 bridgehead atoms. The van der Waals surface area contributed by atoms with Crippen LogP contribution in [-0.4, -0.2) is 16.1 Å². The maximum Gasteiger partial charge on any atom is 0.276 e. The van der Waals surface area contributed by atoms with Gasteiger partial charge in [-0.05, 0) is 24.3 Å². The third kappa shape index (κ3) is 4.58. The Morgan fingerprint density at radius 2 is 1.96 bits per heavy atom. The van der Waals surface area contributed by atoms with Crippen LogP contribution in [-0.2, 0) is 12.3 Å². The average molecular weight is 378 g/mol. The van der Waals surface area contributed by atoms with Crippen LogP contribution in [0.1, 0.15) is 21.8 Å². The van der Waals surface area contributed by atoms with E-state index in [1.165, 1.54) is 17.8 Å². The molecule has 0 aliphatic heterocycles. The van der Waals surface area contributed by atoms with Crippen molar-refractivity contribution >= 4 is 29.3 Å². The lowest BCUT2D eigenvalue weighted by atomic mass is 10.2. The van der Waals surface area contributed by atoms with E-state index in [9.17, 15) is 9.18 Å². The van der Waals surface area contributed by atoms with Gasteiger partial charge in [-0.15, -0.1) is 10.2 Å². The van der Waals surface area contributed by atoms with Crippen LogP contribution in [0.15, 0.2) is 58.2 Å². The number of carbonyl (C=O) groups excluding carboxylic acids is 1. The first kappa shape index (κ1) is 17.4. The van der Waals surface area contributed by atoms with Crippen molar-refractivity contribution in [1.82, 2.24) is 15.5 Å². The molecule has 1 N–H and O–H groups in total. The van der Waals surface area contributed by atoms with E-state index in [0.717, 1.165) is 0 Å². The van der Waals surface area contributed by atoms with Crippen molar-refractivity contribution in [2.24, 2.45) is 0 Å². The molecule has 0 spiro atoms. The van der Waals surface area contributed by atoms with Crippen LogP contribution in [0, 0.1) is 5.82 Å². The Balaban J connectivity index is 1.55. The number of carbonyl (C=O) groups is 1. The molecule has 1 aromatic heterocycles. The highest BCUT2D eigenvalue weighted by Gasteiger charge is 2.12. The lowest BCUT2D eigenvalue weighted by Gasteiger charge is -2.03. The van der Waals surface area contributed by atoms with E-state index in [4.69, 9.17) is 16.0 Å². The Hall–Kier alpha value is -2.38. The second kappa shape index (κ2) is 8.13. The third-order valence-corrected chi connectivity index (χ3v) is 4.49. The van der Waals surface area contributed by atoms with E-state index < -0.39 is 0 Å². The summed E-state index contributed by atoms with van der Waals surface area (Å²) in [5.41, 5.74) is 0.928. The number of thioether (sulfide) groups is 1. The second-order valence-corrected chi connectivity index (χ2v) is 6.33. The first-order valence-electron chi connectivity index (χ1n) is 7.35. The van der Waals surface area contributed by atoms with Gasteiger partial charge in [0.1, 0.15) is 5.82 Å². The summed E-state index contributed by atoms with van der Waals surface area (Å²) in [4.78, 5) is 11.9. The fourth-order valence-electron chi connectivity index (χ4n) is 2.02. The Bertz CT molecular complexity index is 853. The maximum absolute atomic E-state index is 13.7. The van der Waals surface area contributed by atoms with E-state index in [1.807, 2.05) is 6.07 Å².